The van der Waals surface area contributed by atoms with Gasteiger partial charge in [0.2, 0.25) is 0 Å². The quantitative estimate of drug-likeness (QED) is 0.785. The molecule has 1 atom stereocenters. The molecule has 4 nitrogen and oxygen atoms in total. The van der Waals surface area contributed by atoms with E-state index >= 15 is 0 Å². The average Bonchev–Trinajstić information content (AvgIpc) is 2.87. The maximum absolute atomic E-state index is 11.0. The molecular weight excluding hydrogens is 240 g/mol. The molecule has 1 saturated heterocycles. The summed E-state index contributed by atoms with van der Waals surface area (Å²) in [5.74, 6) is -0.108. The summed E-state index contributed by atoms with van der Waals surface area (Å²) in [5.41, 5.74) is 3.79. The first-order valence-corrected chi connectivity index (χ1v) is 5.56. The van der Waals surface area contributed by atoms with Crippen molar-refractivity contribution in [3.05, 3.63) is 29.3 Å². The first-order chi connectivity index (χ1) is 7.83. The number of cyclic esters (lactones) is 1. The molecule has 2 aliphatic rings. The Kier molecular flexibility index (Phi) is 3.54. The second-order valence-corrected chi connectivity index (χ2v) is 4.28. The Morgan fingerprint density at radius 3 is 3.00 bits per heavy atom. The van der Waals surface area contributed by atoms with Crippen molar-refractivity contribution in [2.75, 3.05) is 11.9 Å². The number of carbonyl (C=O) groups excluding carboxylic acids is 1. The predicted octanol–water partition coefficient (Wildman–Crippen LogP) is 1.44. The molecule has 0 radical (unpaired) electrons. The fourth-order valence-corrected chi connectivity index (χ4v) is 2.29. The SMILES string of the molecule is Cl.O=C1CC(Nc2cccc3c2CNC3)CO1. The second-order valence-electron chi connectivity index (χ2n) is 4.28. The van der Waals surface area contributed by atoms with Crippen LogP contribution in [0.15, 0.2) is 18.2 Å². The van der Waals surface area contributed by atoms with Gasteiger partial charge in [-0.15, -0.1) is 12.4 Å². The van der Waals surface area contributed by atoms with E-state index in [9.17, 15) is 4.79 Å². The van der Waals surface area contributed by atoms with Crippen molar-refractivity contribution in [2.45, 2.75) is 25.6 Å². The van der Waals surface area contributed by atoms with Gasteiger partial charge < -0.3 is 15.4 Å². The summed E-state index contributed by atoms with van der Waals surface area (Å²) in [6.07, 6.45) is 0.469. The van der Waals surface area contributed by atoms with Crippen LogP contribution in [-0.4, -0.2) is 18.6 Å². The van der Waals surface area contributed by atoms with Crippen LogP contribution in [0.4, 0.5) is 5.69 Å². The second kappa shape index (κ2) is 4.94. The van der Waals surface area contributed by atoms with Crippen LogP contribution in [0.25, 0.3) is 0 Å². The van der Waals surface area contributed by atoms with Gasteiger partial charge in [0.25, 0.3) is 0 Å². The lowest BCUT2D eigenvalue weighted by molar-refractivity contribution is -0.137. The Labute approximate surface area is 106 Å². The summed E-state index contributed by atoms with van der Waals surface area (Å²) < 4.78 is 4.94. The molecule has 3 rings (SSSR count). The smallest absolute Gasteiger partial charge is 0.308 e. The van der Waals surface area contributed by atoms with Crippen molar-refractivity contribution < 1.29 is 9.53 Å². The molecule has 0 bridgehead atoms. The van der Waals surface area contributed by atoms with Gasteiger partial charge in [-0.25, -0.2) is 0 Å². The fourth-order valence-electron chi connectivity index (χ4n) is 2.29. The number of anilines is 1. The molecule has 1 unspecified atom stereocenters. The fraction of sp³-hybridized carbons (Fsp3) is 0.417. The minimum Gasteiger partial charge on any atom is -0.463 e. The van der Waals surface area contributed by atoms with Crippen LogP contribution in [0.3, 0.4) is 0 Å². The number of rotatable bonds is 2. The predicted molar refractivity (Wildman–Crippen MR) is 67.2 cm³/mol. The molecule has 0 amide bonds. The van der Waals surface area contributed by atoms with E-state index in [4.69, 9.17) is 4.74 Å². The molecule has 0 saturated carbocycles. The molecule has 1 fully saturated rings. The number of ether oxygens (including phenoxy) is 1. The van der Waals surface area contributed by atoms with Gasteiger partial charge in [0.15, 0.2) is 0 Å². The summed E-state index contributed by atoms with van der Waals surface area (Å²) in [6, 6.07) is 6.37. The van der Waals surface area contributed by atoms with Crippen LogP contribution in [0, 0.1) is 0 Å². The van der Waals surface area contributed by atoms with Gasteiger partial charge in [-0.2, -0.15) is 0 Å². The highest BCUT2D eigenvalue weighted by atomic mass is 35.5. The Balaban J connectivity index is 0.00000108. The van der Waals surface area contributed by atoms with Crippen LogP contribution >= 0.6 is 12.4 Å². The number of fused-ring (bicyclic) bond motifs is 1. The molecule has 2 heterocycles. The largest absolute Gasteiger partial charge is 0.463 e. The summed E-state index contributed by atoms with van der Waals surface area (Å²) in [6.45, 7) is 2.32. The zero-order chi connectivity index (χ0) is 11.0. The lowest BCUT2D eigenvalue weighted by atomic mass is 10.1. The van der Waals surface area contributed by atoms with E-state index in [-0.39, 0.29) is 24.4 Å². The maximum atomic E-state index is 11.0. The van der Waals surface area contributed by atoms with Crippen molar-refractivity contribution in [1.82, 2.24) is 5.32 Å². The molecule has 0 aliphatic carbocycles. The molecule has 1 aromatic carbocycles. The standard InChI is InChI=1S/C12H14N2O2.ClH/c15-12-4-9(7-16-12)14-11-3-1-2-8-5-13-6-10(8)11;/h1-3,9,13-14H,4-7H2;1H. The highest BCUT2D eigenvalue weighted by Crippen LogP contribution is 2.25. The van der Waals surface area contributed by atoms with Crippen LogP contribution in [-0.2, 0) is 22.6 Å². The van der Waals surface area contributed by atoms with Crippen LogP contribution in [0.2, 0.25) is 0 Å². The van der Waals surface area contributed by atoms with E-state index in [1.165, 1.54) is 11.1 Å². The summed E-state index contributed by atoms with van der Waals surface area (Å²) in [5, 5.41) is 6.71. The van der Waals surface area contributed by atoms with E-state index in [2.05, 4.69) is 22.8 Å². The highest BCUT2D eigenvalue weighted by Gasteiger charge is 2.24. The first-order valence-electron chi connectivity index (χ1n) is 5.56. The molecule has 5 heteroatoms. The molecule has 0 spiro atoms. The lowest BCUT2D eigenvalue weighted by Gasteiger charge is -2.14. The lowest BCUT2D eigenvalue weighted by Crippen LogP contribution is -2.20. The summed E-state index contributed by atoms with van der Waals surface area (Å²) in [4.78, 5) is 11.0. The van der Waals surface area contributed by atoms with E-state index in [1.807, 2.05) is 6.07 Å². The monoisotopic (exact) mass is 254 g/mol. The van der Waals surface area contributed by atoms with Crippen molar-refractivity contribution in [2.24, 2.45) is 0 Å². The molecule has 0 aromatic heterocycles. The Bertz CT molecular complexity index is 437. The molecular formula is C12H15ClN2O2. The van der Waals surface area contributed by atoms with Gasteiger partial charge in [0, 0.05) is 18.8 Å². The van der Waals surface area contributed by atoms with E-state index in [0.717, 1.165) is 18.8 Å². The third-order valence-electron chi connectivity index (χ3n) is 3.11. The Hall–Kier alpha value is -1.26. The van der Waals surface area contributed by atoms with E-state index in [0.29, 0.717) is 13.0 Å². The van der Waals surface area contributed by atoms with Gasteiger partial charge >= 0.3 is 5.97 Å². The van der Waals surface area contributed by atoms with Crippen molar-refractivity contribution in [3.8, 4) is 0 Å². The number of esters is 1. The van der Waals surface area contributed by atoms with E-state index < -0.39 is 0 Å². The number of hydrogen-bond acceptors (Lipinski definition) is 4. The molecule has 1 aromatic rings. The number of hydrogen-bond donors (Lipinski definition) is 2. The van der Waals surface area contributed by atoms with Gasteiger partial charge in [-0.3, -0.25) is 4.79 Å². The van der Waals surface area contributed by atoms with Gasteiger partial charge in [0.05, 0.1) is 12.5 Å². The summed E-state index contributed by atoms with van der Waals surface area (Å²) >= 11 is 0. The number of benzene rings is 1. The van der Waals surface area contributed by atoms with E-state index in [1.54, 1.807) is 0 Å². The molecule has 92 valence electrons. The minimum atomic E-state index is -0.108. The molecule has 2 aliphatic heterocycles. The molecule has 2 N–H and O–H groups in total. The third-order valence-corrected chi connectivity index (χ3v) is 3.11. The van der Waals surface area contributed by atoms with Crippen molar-refractivity contribution >= 4 is 24.1 Å². The number of halogens is 1. The van der Waals surface area contributed by atoms with Crippen LogP contribution in [0.5, 0.6) is 0 Å². The van der Waals surface area contributed by atoms with Crippen LogP contribution in [0.1, 0.15) is 17.5 Å². The van der Waals surface area contributed by atoms with Gasteiger partial charge in [0.1, 0.15) is 6.61 Å². The third kappa shape index (κ3) is 2.37. The number of carbonyl (C=O) groups is 1. The maximum Gasteiger partial charge on any atom is 0.308 e. The van der Waals surface area contributed by atoms with Crippen molar-refractivity contribution in [1.29, 1.82) is 0 Å². The van der Waals surface area contributed by atoms with Crippen molar-refractivity contribution in [3.63, 3.8) is 0 Å². The van der Waals surface area contributed by atoms with Crippen LogP contribution < -0.4 is 10.6 Å². The van der Waals surface area contributed by atoms with Gasteiger partial charge in [-0.05, 0) is 17.2 Å². The minimum absolute atomic E-state index is 0. The number of nitrogens with one attached hydrogen (secondary N) is 2. The summed E-state index contributed by atoms with van der Waals surface area (Å²) in [7, 11) is 0. The normalized spacial score (nSPS) is 21.6. The first kappa shape index (κ1) is 12.2. The average molecular weight is 255 g/mol. The Morgan fingerprint density at radius 2 is 2.24 bits per heavy atom. The topological polar surface area (TPSA) is 50.4 Å². The highest BCUT2D eigenvalue weighted by molar-refractivity contribution is 5.85. The zero-order valence-corrected chi connectivity index (χ0v) is 10.2. The zero-order valence-electron chi connectivity index (χ0n) is 9.36. The van der Waals surface area contributed by atoms with Gasteiger partial charge in [-0.1, -0.05) is 12.1 Å². The molecule has 17 heavy (non-hydrogen) atoms. The Morgan fingerprint density at radius 1 is 1.35 bits per heavy atom.